The van der Waals surface area contributed by atoms with Gasteiger partial charge in [-0.3, -0.25) is 4.79 Å². The monoisotopic (exact) mass is 429 g/mol. The number of ether oxygens (including phenoxy) is 1. The van der Waals surface area contributed by atoms with Crippen molar-refractivity contribution < 1.29 is 22.7 Å². The Morgan fingerprint density at radius 3 is 2.17 bits per heavy atom. The summed E-state index contributed by atoms with van der Waals surface area (Å²) in [7, 11) is -3.68. The molecule has 2 aromatic carbocycles. The van der Waals surface area contributed by atoms with E-state index >= 15 is 0 Å². The van der Waals surface area contributed by atoms with Crippen molar-refractivity contribution in [3.05, 3.63) is 64.7 Å². The van der Waals surface area contributed by atoms with Gasteiger partial charge in [0.05, 0.1) is 10.5 Å². The fraction of sp³-hybridized carbons (Fsp3) is 0.391. The quantitative estimate of drug-likeness (QED) is 0.514. The lowest BCUT2D eigenvalue weighted by Gasteiger charge is -2.26. The third kappa shape index (κ3) is 4.79. The van der Waals surface area contributed by atoms with Crippen LogP contribution in [0.25, 0.3) is 0 Å². The Hall–Kier alpha value is -2.51. The maximum Gasteiger partial charge on any atom is 0.338 e. The number of hydrogen-bond donors (Lipinski definition) is 0. The van der Waals surface area contributed by atoms with Crippen LogP contribution in [0.4, 0.5) is 0 Å². The lowest BCUT2D eigenvalue weighted by atomic mass is 10.1. The summed E-state index contributed by atoms with van der Waals surface area (Å²) in [6.07, 6.45) is 1.70. The number of carbonyl (C=O) groups excluding carboxylic acids is 2. The second-order valence-corrected chi connectivity index (χ2v) is 9.63. The Bertz CT molecular complexity index is 1040. The van der Waals surface area contributed by atoms with Gasteiger partial charge in [0.15, 0.2) is 6.10 Å². The molecule has 1 heterocycles. The summed E-state index contributed by atoms with van der Waals surface area (Å²) in [4.78, 5) is 25.3. The van der Waals surface area contributed by atoms with Crippen LogP contribution in [0, 0.1) is 13.8 Å². The van der Waals surface area contributed by atoms with Crippen molar-refractivity contribution in [1.82, 2.24) is 4.31 Å². The molecule has 0 aliphatic carbocycles. The van der Waals surface area contributed by atoms with Crippen LogP contribution in [0.5, 0.6) is 0 Å². The molecule has 30 heavy (non-hydrogen) atoms. The zero-order valence-electron chi connectivity index (χ0n) is 17.6. The molecule has 0 bridgehead atoms. The second kappa shape index (κ2) is 9.10. The van der Waals surface area contributed by atoms with Crippen LogP contribution < -0.4 is 0 Å². The fourth-order valence-electron chi connectivity index (χ4n) is 3.48. The van der Waals surface area contributed by atoms with Crippen molar-refractivity contribution in [3.8, 4) is 0 Å². The van der Waals surface area contributed by atoms with E-state index in [0.717, 1.165) is 24.8 Å². The second-order valence-electron chi connectivity index (χ2n) is 7.72. The van der Waals surface area contributed by atoms with Gasteiger partial charge >= 0.3 is 5.97 Å². The maximum absolute atomic E-state index is 13.0. The van der Waals surface area contributed by atoms with Gasteiger partial charge in [-0.1, -0.05) is 42.3 Å². The van der Waals surface area contributed by atoms with Crippen LogP contribution in [0.3, 0.4) is 0 Å². The topological polar surface area (TPSA) is 80.8 Å². The molecular formula is C23H27NO5S. The molecule has 1 unspecified atom stereocenters. The van der Waals surface area contributed by atoms with Gasteiger partial charge in [0.1, 0.15) is 0 Å². The number of carbonyl (C=O) groups is 2. The Labute approximate surface area is 177 Å². The standard InChI is InChI=1S/C23H27NO5S/c1-16-7-10-19(11-8-16)22(25)18(3)29-23(26)20-12-9-17(2)21(15-20)30(27,28)24-13-5-4-6-14-24/h7-12,15,18H,4-6,13-14H2,1-3H3. The fourth-order valence-corrected chi connectivity index (χ4v) is 5.25. The van der Waals surface area contributed by atoms with Crippen LogP contribution in [-0.2, 0) is 14.8 Å². The van der Waals surface area contributed by atoms with Crippen molar-refractivity contribution in [3.63, 3.8) is 0 Å². The average Bonchev–Trinajstić information content (AvgIpc) is 2.74. The van der Waals surface area contributed by atoms with Gasteiger partial charge in [-0.05, 0) is 51.3 Å². The lowest BCUT2D eigenvalue weighted by molar-refractivity contribution is 0.0318. The minimum atomic E-state index is -3.68. The third-order valence-corrected chi connectivity index (χ3v) is 7.39. The first-order chi connectivity index (χ1) is 14.2. The van der Waals surface area contributed by atoms with E-state index in [2.05, 4.69) is 0 Å². The molecule has 1 saturated heterocycles. The molecule has 1 aliphatic heterocycles. The highest BCUT2D eigenvalue weighted by Crippen LogP contribution is 2.25. The summed E-state index contributed by atoms with van der Waals surface area (Å²) in [6.45, 7) is 6.11. The van der Waals surface area contributed by atoms with Crippen molar-refractivity contribution in [1.29, 1.82) is 0 Å². The number of piperidine rings is 1. The highest BCUT2D eigenvalue weighted by molar-refractivity contribution is 7.89. The summed E-state index contributed by atoms with van der Waals surface area (Å²) >= 11 is 0. The number of ketones is 1. The SMILES string of the molecule is Cc1ccc(C(=O)C(C)OC(=O)c2ccc(C)c(S(=O)(=O)N3CCCCC3)c2)cc1. The molecule has 1 aliphatic rings. The van der Waals surface area contributed by atoms with Crippen LogP contribution in [-0.4, -0.2) is 43.7 Å². The summed E-state index contributed by atoms with van der Waals surface area (Å²) in [5.41, 5.74) is 2.16. The highest BCUT2D eigenvalue weighted by Gasteiger charge is 2.29. The van der Waals surface area contributed by atoms with E-state index in [1.165, 1.54) is 23.4 Å². The molecule has 7 heteroatoms. The Morgan fingerprint density at radius 1 is 0.933 bits per heavy atom. The molecule has 3 rings (SSSR count). The first-order valence-corrected chi connectivity index (χ1v) is 11.6. The zero-order chi connectivity index (χ0) is 21.9. The number of Topliss-reactive ketones (excluding diaryl/α,β-unsaturated/α-hetero) is 1. The predicted molar refractivity (Wildman–Crippen MR) is 114 cm³/mol. The van der Waals surface area contributed by atoms with Gasteiger partial charge in [-0.25, -0.2) is 13.2 Å². The van der Waals surface area contributed by atoms with Crippen LogP contribution >= 0.6 is 0 Å². The van der Waals surface area contributed by atoms with Gasteiger partial charge in [0.25, 0.3) is 0 Å². The minimum Gasteiger partial charge on any atom is -0.451 e. The molecular weight excluding hydrogens is 402 g/mol. The first-order valence-electron chi connectivity index (χ1n) is 10.1. The molecule has 0 N–H and O–H groups in total. The van der Waals surface area contributed by atoms with E-state index in [-0.39, 0.29) is 16.2 Å². The molecule has 0 aromatic heterocycles. The minimum absolute atomic E-state index is 0.108. The number of hydrogen-bond acceptors (Lipinski definition) is 5. The molecule has 1 fully saturated rings. The van der Waals surface area contributed by atoms with E-state index in [4.69, 9.17) is 4.74 Å². The molecule has 6 nitrogen and oxygen atoms in total. The van der Waals surface area contributed by atoms with E-state index in [1.807, 2.05) is 19.1 Å². The number of rotatable bonds is 6. The molecule has 1 atom stereocenters. The van der Waals surface area contributed by atoms with Gasteiger partial charge < -0.3 is 4.74 Å². The number of aryl methyl sites for hydroxylation is 2. The van der Waals surface area contributed by atoms with E-state index < -0.39 is 22.1 Å². The van der Waals surface area contributed by atoms with Gasteiger partial charge in [-0.2, -0.15) is 4.31 Å². The molecule has 2 aromatic rings. The highest BCUT2D eigenvalue weighted by atomic mass is 32.2. The van der Waals surface area contributed by atoms with Crippen LogP contribution in [0.15, 0.2) is 47.4 Å². The Kier molecular flexibility index (Phi) is 6.73. The normalized spacial score (nSPS) is 16.1. The molecule has 0 saturated carbocycles. The molecule has 0 amide bonds. The van der Waals surface area contributed by atoms with Crippen molar-refractivity contribution in [2.24, 2.45) is 0 Å². The summed E-state index contributed by atoms with van der Waals surface area (Å²) in [5.74, 6) is -1.03. The molecule has 160 valence electrons. The van der Waals surface area contributed by atoms with Crippen molar-refractivity contribution in [2.45, 2.75) is 51.0 Å². The smallest absolute Gasteiger partial charge is 0.338 e. The molecule has 0 radical (unpaired) electrons. The Morgan fingerprint density at radius 2 is 1.53 bits per heavy atom. The van der Waals surface area contributed by atoms with E-state index in [9.17, 15) is 18.0 Å². The average molecular weight is 430 g/mol. The number of esters is 1. The summed E-state index contributed by atoms with van der Waals surface area (Å²) < 4.78 is 32.9. The number of sulfonamides is 1. The van der Waals surface area contributed by atoms with Gasteiger partial charge in [0.2, 0.25) is 15.8 Å². The van der Waals surface area contributed by atoms with Gasteiger partial charge in [0, 0.05) is 18.7 Å². The maximum atomic E-state index is 13.0. The third-order valence-electron chi connectivity index (χ3n) is 5.35. The number of benzene rings is 2. The predicted octanol–water partition coefficient (Wildman–Crippen LogP) is 3.91. The molecule has 0 spiro atoms. The van der Waals surface area contributed by atoms with Crippen molar-refractivity contribution >= 4 is 21.8 Å². The number of nitrogens with zero attached hydrogens (tertiary/aromatic N) is 1. The van der Waals surface area contributed by atoms with Crippen LogP contribution in [0.1, 0.15) is 58.0 Å². The first kappa shape index (κ1) is 22.2. The largest absolute Gasteiger partial charge is 0.451 e. The van der Waals surface area contributed by atoms with E-state index in [0.29, 0.717) is 24.2 Å². The van der Waals surface area contributed by atoms with Crippen molar-refractivity contribution in [2.75, 3.05) is 13.1 Å². The zero-order valence-corrected chi connectivity index (χ0v) is 18.4. The lowest BCUT2D eigenvalue weighted by Crippen LogP contribution is -2.36. The van der Waals surface area contributed by atoms with Crippen LogP contribution in [0.2, 0.25) is 0 Å². The van der Waals surface area contributed by atoms with E-state index in [1.54, 1.807) is 25.1 Å². The Balaban J connectivity index is 1.78. The van der Waals surface area contributed by atoms with Gasteiger partial charge in [-0.15, -0.1) is 0 Å². The summed E-state index contributed by atoms with van der Waals surface area (Å²) in [5, 5.41) is 0. The summed E-state index contributed by atoms with van der Waals surface area (Å²) in [6, 6.07) is 11.5.